The highest BCUT2D eigenvalue weighted by atomic mass is 35.5. The number of benzene rings is 2. The van der Waals surface area contributed by atoms with Crippen molar-refractivity contribution in [3.05, 3.63) is 88.2 Å². The van der Waals surface area contributed by atoms with Crippen LogP contribution in [0.3, 0.4) is 0 Å². The van der Waals surface area contributed by atoms with Crippen LogP contribution in [0.15, 0.2) is 60.8 Å². The van der Waals surface area contributed by atoms with Crippen molar-refractivity contribution in [3.8, 4) is 11.1 Å². The standard InChI is InChI=1S/C21H15ClF6N2.2ClH/c22-19-18(17(6-7-30-19)14-4-2-1-3-5-14)12-29-11-13-8-15(20(23,24)25)10-16(9-13)21(26,27)28;;/h1-10,29H,11-12H2;2*1H. The minimum atomic E-state index is -4.89. The van der Waals surface area contributed by atoms with E-state index in [1.54, 1.807) is 6.07 Å². The Kier molecular flexibility index (Phi) is 9.84. The number of hydrogen-bond acceptors (Lipinski definition) is 2. The molecule has 32 heavy (non-hydrogen) atoms. The van der Waals surface area contributed by atoms with Crippen molar-refractivity contribution in [2.75, 3.05) is 0 Å². The van der Waals surface area contributed by atoms with E-state index in [-0.39, 0.29) is 54.7 Å². The lowest BCUT2D eigenvalue weighted by Gasteiger charge is -2.15. The zero-order valence-corrected chi connectivity index (χ0v) is 18.5. The van der Waals surface area contributed by atoms with Gasteiger partial charge >= 0.3 is 12.4 Å². The summed E-state index contributed by atoms with van der Waals surface area (Å²) < 4.78 is 78.0. The topological polar surface area (TPSA) is 24.9 Å². The second-order valence-corrected chi connectivity index (χ2v) is 6.87. The average molecular weight is 518 g/mol. The highest BCUT2D eigenvalue weighted by Gasteiger charge is 2.36. The maximum atomic E-state index is 13.0. The van der Waals surface area contributed by atoms with E-state index >= 15 is 0 Å². The van der Waals surface area contributed by atoms with Gasteiger partial charge < -0.3 is 5.32 Å². The Morgan fingerprint density at radius 3 is 1.88 bits per heavy atom. The van der Waals surface area contributed by atoms with Crippen LogP contribution in [-0.4, -0.2) is 4.98 Å². The van der Waals surface area contributed by atoms with E-state index in [2.05, 4.69) is 10.3 Å². The summed E-state index contributed by atoms with van der Waals surface area (Å²) in [7, 11) is 0. The first-order chi connectivity index (χ1) is 14.1. The van der Waals surface area contributed by atoms with Gasteiger partial charge in [-0.1, -0.05) is 41.9 Å². The second-order valence-electron chi connectivity index (χ2n) is 6.51. The molecule has 0 aliphatic rings. The van der Waals surface area contributed by atoms with Gasteiger partial charge in [-0.15, -0.1) is 24.8 Å². The Labute approximate surface area is 197 Å². The van der Waals surface area contributed by atoms with E-state index in [1.807, 2.05) is 30.3 Å². The normalized spacial score (nSPS) is 11.5. The second kappa shape index (κ2) is 11.2. The lowest BCUT2D eigenvalue weighted by Crippen LogP contribution is -2.17. The predicted octanol–water partition coefficient (Wildman–Crippen LogP) is 7.57. The van der Waals surface area contributed by atoms with Crippen LogP contribution in [0.2, 0.25) is 5.15 Å². The molecule has 1 aromatic heterocycles. The molecule has 0 spiro atoms. The first kappa shape index (κ1) is 28.0. The first-order valence-corrected chi connectivity index (χ1v) is 9.11. The van der Waals surface area contributed by atoms with Crippen molar-refractivity contribution in [2.45, 2.75) is 25.4 Å². The van der Waals surface area contributed by atoms with E-state index in [0.29, 0.717) is 17.7 Å². The molecule has 0 unspecified atom stereocenters. The van der Waals surface area contributed by atoms with Gasteiger partial charge in [0.2, 0.25) is 0 Å². The van der Waals surface area contributed by atoms with Crippen LogP contribution in [0.5, 0.6) is 0 Å². The van der Waals surface area contributed by atoms with Gasteiger partial charge in [-0.25, -0.2) is 4.98 Å². The van der Waals surface area contributed by atoms with Crippen molar-refractivity contribution in [2.24, 2.45) is 0 Å². The van der Waals surface area contributed by atoms with Crippen molar-refractivity contribution in [1.82, 2.24) is 10.3 Å². The van der Waals surface area contributed by atoms with Crippen LogP contribution < -0.4 is 5.32 Å². The lowest BCUT2D eigenvalue weighted by molar-refractivity contribution is -0.143. The molecule has 3 aromatic rings. The minimum Gasteiger partial charge on any atom is -0.308 e. The summed E-state index contributed by atoms with van der Waals surface area (Å²) >= 11 is 6.18. The van der Waals surface area contributed by atoms with Crippen LogP contribution in [0.25, 0.3) is 11.1 Å². The van der Waals surface area contributed by atoms with Gasteiger partial charge in [0.1, 0.15) is 5.15 Å². The molecule has 3 rings (SSSR count). The number of rotatable bonds is 5. The van der Waals surface area contributed by atoms with Crippen molar-refractivity contribution >= 4 is 36.4 Å². The number of nitrogens with zero attached hydrogens (tertiary/aromatic N) is 1. The summed E-state index contributed by atoms with van der Waals surface area (Å²) in [6.45, 7) is -0.110. The van der Waals surface area contributed by atoms with Gasteiger partial charge in [-0.2, -0.15) is 26.3 Å². The Morgan fingerprint density at radius 2 is 1.34 bits per heavy atom. The Hall–Kier alpha value is -2.00. The monoisotopic (exact) mass is 516 g/mol. The van der Waals surface area contributed by atoms with Gasteiger partial charge in [-0.05, 0) is 41.0 Å². The fourth-order valence-electron chi connectivity index (χ4n) is 2.98. The summed E-state index contributed by atoms with van der Waals surface area (Å²) in [5.74, 6) is 0. The van der Waals surface area contributed by atoms with Crippen molar-refractivity contribution < 1.29 is 26.3 Å². The molecule has 1 heterocycles. The molecule has 174 valence electrons. The molecule has 0 bridgehead atoms. The van der Waals surface area contributed by atoms with Gasteiger partial charge in [0.15, 0.2) is 0 Å². The Morgan fingerprint density at radius 1 is 0.781 bits per heavy atom. The molecule has 11 heteroatoms. The zero-order valence-electron chi connectivity index (χ0n) is 16.1. The average Bonchev–Trinajstić information content (AvgIpc) is 2.68. The molecule has 0 atom stereocenters. The van der Waals surface area contributed by atoms with Crippen LogP contribution in [-0.2, 0) is 25.4 Å². The smallest absolute Gasteiger partial charge is 0.308 e. The minimum absolute atomic E-state index is 0. The number of halogens is 9. The maximum Gasteiger partial charge on any atom is 0.416 e. The molecular formula is C21H17Cl3F6N2. The predicted molar refractivity (Wildman–Crippen MR) is 116 cm³/mol. The van der Waals surface area contributed by atoms with Gasteiger partial charge in [0.05, 0.1) is 11.1 Å². The van der Waals surface area contributed by atoms with Crippen LogP contribution in [0.1, 0.15) is 22.3 Å². The summed E-state index contributed by atoms with van der Waals surface area (Å²) in [5, 5.41) is 3.07. The van der Waals surface area contributed by atoms with Gasteiger partial charge in [0.25, 0.3) is 0 Å². The molecule has 1 N–H and O–H groups in total. The lowest BCUT2D eigenvalue weighted by atomic mass is 10.0. The molecule has 0 radical (unpaired) electrons. The molecular weight excluding hydrogens is 501 g/mol. The van der Waals surface area contributed by atoms with Crippen LogP contribution in [0.4, 0.5) is 26.3 Å². The van der Waals surface area contributed by atoms with E-state index in [0.717, 1.165) is 11.1 Å². The van der Waals surface area contributed by atoms with Gasteiger partial charge in [0, 0.05) is 24.8 Å². The largest absolute Gasteiger partial charge is 0.416 e. The summed E-state index contributed by atoms with van der Waals surface area (Å²) in [6, 6.07) is 12.5. The SMILES string of the molecule is Cl.Cl.FC(F)(F)c1cc(CNCc2c(-c3ccccc3)ccnc2Cl)cc(C(F)(F)F)c1. The Bertz CT molecular complexity index is 992. The quantitative estimate of drug-likeness (QED) is 0.279. The highest BCUT2D eigenvalue weighted by Crippen LogP contribution is 2.36. The van der Waals surface area contributed by atoms with E-state index in [4.69, 9.17) is 11.6 Å². The number of aromatic nitrogens is 1. The molecule has 0 saturated carbocycles. The van der Waals surface area contributed by atoms with Gasteiger partial charge in [-0.3, -0.25) is 0 Å². The molecule has 0 saturated heterocycles. The summed E-state index contributed by atoms with van der Waals surface area (Å²) in [5.41, 5.74) is -0.621. The molecule has 0 amide bonds. The molecule has 0 fully saturated rings. The Balaban J connectivity index is 0.00000256. The summed E-state index contributed by atoms with van der Waals surface area (Å²) in [4.78, 5) is 4.01. The van der Waals surface area contributed by atoms with Crippen LogP contribution in [0, 0.1) is 0 Å². The molecule has 2 nitrogen and oxygen atoms in total. The van der Waals surface area contributed by atoms with E-state index in [1.165, 1.54) is 6.20 Å². The number of pyridine rings is 1. The zero-order chi connectivity index (χ0) is 21.9. The molecule has 2 aromatic carbocycles. The molecule has 0 aliphatic heterocycles. The molecule has 0 aliphatic carbocycles. The fraction of sp³-hybridized carbons (Fsp3) is 0.190. The maximum absolute atomic E-state index is 13.0. The number of alkyl halides is 6. The number of hydrogen-bond donors (Lipinski definition) is 1. The van der Waals surface area contributed by atoms with E-state index < -0.39 is 23.5 Å². The first-order valence-electron chi connectivity index (χ1n) is 8.73. The highest BCUT2D eigenvalue weighted by molar-refractivity contribution is 6.30. The van der Waals surface area contributed by atoms with E-state index in [9.17, 15) is 26.3 Å². The fourth-order valence-corrected chi connectivity index (χ4v) is 3.20. The summed E-state index contributed by atoms with van der Waals surface area (Å²) in [6.07, 6.45) is -8.25. The third kappa shape index (κ3) is 7.00. The van der Waals surface area contributed by atoms with Crippen molar-refractivity contribution in [3.63, 3.8) is 0 Å². The van der Waals surface area contributed by atoms with Crippen LogP contribution >= 0.6 is 36.4 Å². The van der Waals surface area contributed by atoms with Crippen molar-refractivity contribution in [1.29, 1.82) is 0 Å². The third-order valence-corrected chi connectivity index (χ3v) is 4.69. The number of nitrogens with one attached hydrogen (secondary N) is 1. The third-order valence-electron chi connectivity index (χ3n) is 4.37.